The number of methoxy groups -OCH3 is 1. The van der Waals surface area contributed by atoms with Gasteiger partial charge in [-0.15, -0.1) is 0 Å². The fraction of sp³-hybridized carbons (Fsp3) is 0.316. The van der Waals surface area contributed by atoms with Crippen LogP contribution in [-0.2, 0) is 14.8 Å². The van der Waals surface area contributed by atoms with Gasteiger partial charge in [0.25, 0.3) is 0 Å². The van der Waals surface area contributed by atoms with Crippen molar-refractivity contribution in [1.82, 2.24) is 4.72 Å². The molecule has 0 amide bonds. The number of nitrogens with one attached hydrogen (secondary N) is 2. The SMILES string of the molecule is COCCCNS(=O)(=O)c1cc(C(=O)O)ccc1N[C@H](C)c1ccccc1. The Morgan fingerprint density at radius 1 is 1.19 bits per heavy atom. The summed E-state index contributed by atoms with van der Waals surface area (Å²) in [6.45, 7) is 2.53. The second-order valence-corrected chi connectivity index (χ2v) is 7.77. The van der Waals surface area contributed by atoms with Crippen molar-refractivity contribution in [3.63, 3.8) is 0 Å². The molecule has 2 aromatic rings. The minimum atomic E-state index is -3.89. The maximum atomic E-state index is 12.7. The van der Waals surface area contributed by atoms with E-state index in [1.807, 2.05) is 37.3 Å². The zero-order chi connectivity index (χ0) is 19.9. The minimum absolute atomic E-state index is 0.0924. The summed E-state index contributed by atoms with van der Waals surface area (Å²) in [5, 5.41) is 12.4. The van der Waals surface area contributed by atoms with Gasteiger partial charge in [-0.25, -0.2) is 17.9 Å². The summed E-state index contributed by atoms with van der Waals surface area (Å²) >= 11 is 0. The largest absolute Gasteiger partial charge is 0.478 e. The van der Waals surface area contributed by atoms with E-state index in [1.165, 1.54) is 25.3 Å². The van der Waals surface area contributed by atoms with Gasteiger partial charge in [-0.1, -0.05) is 30.3 Å². The molecular weight excluding hydrogens is 368 g/mol. The van der Waals surface area contributed by atoms with Crippen LogP contribution in [0.4, 0.5) is 5.69 Å². The molecule has 2 rings (SSSR count). The zero-order valence-electron chi connectivity index (χ0n) is 15.3. The van der Waals surface area contributed by atoms with E-state index in [2.05, 4.69) is 10.0 Å². The highest BCUT2D eigenvalue weighted by molar-refractivity contribution is 7.89. The van der Waals surface area contributed by atoms with E-state index in [-0.39, 0.29) is 23.0 Å². The lowest BCUT2D eigenvalue weighted by Gasteiger charge is -2.19. The Morgan fingerprint density at radius 2 is 1.89 bits per heavy atom. The Bertz CT molecular complexity index is 869. The molecule has 1 atom stereocenters. The van der Waals surface area contributed by atoms with Crippen molar-refractivity contribution in [3.05, 3.63) is 59.7 Å². The highest BCUT2D eigenvalue weighted by atomic mass is 32.2. The molecule has 0 fully saturated rings. The van der Waals surface area contributed by atoms with E-state index in [0.717, 1.165) is 5.56 Å². The van der Waals surface area contributed by atoms with Crippen LogP contribution < -0.4 is 10.0 Å². The minimum Gasteiger partial charge on any atom is -0.478 e. The van der Waals surface area contributed by atoms with E-state index in [1.54, 1.807) is 0 Å². The number of ether oxygens (including phenoxy) is 1. The number of hydrogen-bond donors (Lipinski definition) is 3. The average Bonchev–Trinajstić information content (AvgIpc) is 2.66. The summed E-state index contributed by atoms with van der Waals surface area (Å²) in [7, 11) is -2.35. The lowest BCUT2D eigenvalue weighted by atomic mass is 10.1. The van der Waals surface area contributed by atoms with Crippen molar-refractivity contribution >= 4 is 21.7 Å². The van der Waals surface area contributed by atoms with Gasteiger partial charge < -0.3 is 15.2 Å². The molecule has 0 radical (unpaired) electrons. The van der Waals surface area contributed by atoms with E-state index in [9.17, 15) is 18.3 Å². The van der Waals surface area contributed by atoms with Crippen LogP contribution in [0.15, 0.2) is 53.4 Å². The molecule has 146 valence electrons. The molecule has 0 aliphatic rings. The lowest BCUT2D eigenvalue weighted by molar-refractivity contribution is 0.0696. The third-order valence-electron chi connectivity index (χ3n) is 4.01. The number of benzene rings is 2. The van der Waals surface area contributed by atoms with Gasteiger partial charge in [-0.2, -0.15) is 0 Å². The molecule has 2 aromatic carbocycles. The molecule has 3 N–H and O–H groups in total. The van der Waals surface area contributed by atoms with Gasteiger partial charge in [0.05, 0.1) is 11.3 Å². The fourth-order valence-electron chi connectivity index (χ4n) is 2.56. The first-order valence-electron chi connectivity index (χ1n) is 8.52. The number of carboxylic acid groups (broad SMARTS) is 1. The summed E-state index contributed by atoms with van der Waals surface area (Å²) in [6.07, 6.45) is 0.511. The number of carboxylic acids is 1. The van der Waals surface area contributed by atoms with Gasteiger partial charge in [0.1, 0.15) is 4.90 Å². The van der Waals surface area contributed by atoms with Gasteiger partial charge in [0.2, 0.25) is 10.0 Å². The fourth-order valence-corrected chi connectivity index (χ4v) is 3.82. The number of rotatable bonds is 10. The summed E-state index contributed by atoms with van der Waals surface area (Å²) in [6, 6.07) is 13.4. The van der Waals surface area contributed by atoms with Crippen LogP contribution in [0.25, 0.3) is 0 Å². The molecular formula is C19H24N2O5S. The molecule has 0 unspecified atom stereocenters. The quantitative estimate of drug-likeness (QED) is 0.537. The highest BCUT2D eigenvalue weighted by Gasteiger charge is 2.21. The predicted octanol–water partition coefficient (Wildman–Crippen LogP) is 2.87. The normalized spacial score (nSPS) is 12.5. The second-order valence-electron chi connectivity index (χ2n) is 6.04. The maximum Gasteiger partial charge on any atom is 0.335 e. The summed E-state index contributed by atoms with van der Waals surface area (Å²) in [5.41, 5.74) is 1.23. The zero-order valence-corrected chi connectivity index (χ0v) is 16.1. The molecule has 0 spiro atoms. The van der Waals surface area contributed by atoms with E-state index >= 15 is 0 Å². The smallest absolute Gasteiger partial charge is 0.335 e. The maximum absolute atomic E-state index is 12.7. The van der Waals surface area contributed by atoms with Gasteiger partial charge in [0, 0.05) is 26.3 Å². The number of hydrogen-bond acceptors (Lipinski definition) is 5. The van der Waals surface area contributed by atoms with Gasteiger partial charge in [0.15, 0.2) is 0 Å². The molecule has 0 aliphatic heterocycles. The van der Waals surface area contributed by atoms with Crippen molar-refractivity contribution < 1.29 is 23.1 Å². The predicted molar refractivity (Wildman–Crippen MR) is 104 cm³/mol. The second kappa shape index (κ2) is 9.50. The van der Waals surface area contributed by atoms with Crippen LogP contribution in [0, 0.1) is 0 Å². The Balaban J connectivity index is 2.32. The van der Waals surface area contributed by atoms with Crippen LogP contribution >= 0.6 is 0 Å². The van der Waals surface area contributed by atoms with Crippen LogP contribution in [-0.4, -0.2) is 39.8 Å². The Hall–Kier alpha value is -2.42. The molecule has 0 aliphatic carbocycles. The summed E-state index contributed by atoms with van der Waals surface area (Å²) in [5.74, 6) is -1.19. The standard InChI is InChI=1S/C19H24N2O5S/c1-14(15-7-4-3-5-8-15)21-17-10-9-16(19(22)23)13-18(17)27(24,25)20-11-6-12-26-2/h3-5,7-10,13-14,20-21H,6,11-12H2,1-2H3,(H,22,23)/t14-/m1/s1. The Morgan fingerprint density at radius 3 is 2.52 bits per heavy atom. The molecule has 0 saturated heterocycles. The van der Waals surface area contributed by atoms with Gasteiger partial charge in [-0.05, 0) is 37.1 Å². The van der Waals surface area contributed by atoms with E-state index < -0.39 is 16.0 Å². The van der Waals surface area contributed by atoms with Crippen molar-refractivity contribution in [2.24, 2.45) is 0 Å². The monoisotopic (exact) mass is 392 g/mol. The Kier molecular flexibility index (Phi) is 7.35. The highest BCUT2D eigenvalue weighted by Crippen LogP contribution is 2.27. The van der Waals surface area contributed by atoms with Crippen molar-refractivity contribution in [3.8, 4) is 0 Å². The molecule has 8 heteroatoms. The first-order chi connectivity index (χ1) is 12.8. The average molecular weight is 392 g/mol. The first kappa shape index (κ1) is 20.9. The number of sulfonamides is 1. The van der Waals surface area contributed by atoms with Gasteiger partial charge in [-0.3, -0.25) is 0 Å². The van der Waals surface area contributed by atoms with E-state index in [0.29, 0.717) is 18.7 Å². The molecule has 7 nitrogen and oxygen atoms in total. The molecule has 0 heterocycles. The molecule has 27 heavy (non-hydrogen) atoms. The lowest BCUT2D eigenvalue weighted by Crippen LogP contribution is -2.27. The third-order valence-corrected chi connectivity index (χ3v) is 5.51. The topological polar surface area (TPSA) is 105 Å². The van der Waals surface area contributed by atoms with Crippen LogP contribution in [0.1, 0.15) is 35.3 Å². The van der Waals surface area contributed by atoms with Crippen LogP contribution in [0.2, 0.25) is 0 Å². The van der Waals surface area contributed by atoms with Crippen molar-refractivity contribution in [2.75, 3.05) is 25.6 Å². The number of carbonyl (C=O) groups is 1. The molecule has 0 saturated carbocycles. The first-order valence-corrected chi connectivity index (χ1v) is 10.0. The van der Waals surface area contributed by atoms with E-state index in [4.69, 9.17) is 4.74 Å². The molecule has 0 bridgehead atoms. The van der Waals surface area contributed by atoms with Crippen LogP contribution in [0.3, 0.4) is 0 Å². The van der Waals surface area contributed by atoms with Crippen molar-refractivity contribution in [2.45, 2.75) is 24.3 Å². The summed E-state index contributed by atoms with van der Waals surface area (Å²) in [4.78, 5) is 11.2. The van der Waals surface area contributed by atoms with Crippen LogP contribution in [0.5, 0.6) is 0 Å². The summed E-state index contributed by atoms with van der Waals surface area (Å²) < 4.78 is 32.9. The Labute approximate surface area is 159 Å². The van der Waals surface area contributed by atoms with Gasteiger partial charge >= 0.3 is 5.97 Å². The number of anilines is 1. The third kappa shape index (κ3) is 5.78. The van der Waals surface area contributed by atoms with Crippen molar-refractivity contribution in [1.29, 1.82) is 0 Å². The number of aromatic carboxylic acids is 1. The molecule has 0 aromatic heterocycles.